The minimum atomic E-state index is -3.21. The van der Waals surface area contributed by atoms with Crippen LogP contribution in [0.5, 0.6) is 0 Å². The van der Waals surface area contributed by atoms with E-state index in [4.69, 9.17) is 0 Å². The highest BCUT2D eigenvalue weighted by molar-refractivity contribution is 7.90. The third-order valence-electron chi connectivity index (χ3n) is 4.23. The number of hydrogen-bond donors (Lipinski definition) is 0. The highest BCUT2D eigenvalue weighted by Crippen LogP contribution is 2.32. The molecule has 0 N–H and O–H groups in total. The van der Waals surface area contributed by atoms with Gasteiger partial charge in [0.2, 0.25) is 0 Å². The Kier molecular flexibility index (Phi) is 3.57. The molecule has 1 aromatic carbocycles. The monoisotopic (exact) mass is 306 g/mol. The highest BCUT2D eigenvalue weighted by Gasteiger charge is 2.22. The van der Waals surface area contributed by atoms with Crippen molar-refractivity contribution >= 4 is 27.0 Å². The molecule has 1 fully saturated rings. The molecule has 1 aliphatic rings. The lowest BCUT2D eigenvalue weighted by Crippen LogP contribution is -2.19. The van der Waals surface area contributed by atoms with Crippen LogP contribution in [0, 0.1) is 5.92 Å². The predicted octanol–water partition coefficient (Wildman–Crippen LogP) is 2.37. The molecule has 0 bridgehead atoms. The molecule has 0 atom stereocenters. The largest absolute Gasteiger partial charge is 0.303 e. The van der Waals surface area contributed by atoms with Crippen molar-refractivity contribution in [1.82, 2.24) is 9.78 Å². The summed E-state index contributed by atoms with van der Waals surface area (Å²) in [6, 6.07) is 5.34. The Labute approximate surface area is 123 Å². The Bertz CT molecular complexity index is 771. The zero-order valence-corrected chi connectivity index (χ0v) is 12.7. The van der Waals surface area contributed by atoms with E-state index in [9.17, 15) is 13.2 Å². The fourth-order valence-electron chi connectivity index (χ4n) is 2.93. The molecule has 2 aromatic rings. The van der Waals surface area contributed by atoms with E-state index in [1.807, 2.05) is 10.9 Å². The summed E-state index contributed by atoms with van der Waals surface area (Å²) in [5, 5.41) is 5.47. The van der Waals surface area contributed by atoms with Gasteiger partial charge in [0.05, 0.1) is 16.5 Å². The fraction of sp³-hybridized carbons (Fsp3) is 0.467. The van der Waals surface area contributed by atoms with Gasteiger partial charge in [-0.05, 0) is 43.9 Å². The van der Waals surface area contributed by atoms with Crippen molar-refractivity contribution in [3.63, 3.8) is 0 Å². The second kappa shape index (κ2) is 5.26. The van der Waals surface area contributed by atoms with Crippen LogP contribution in [0.1, 0.15) is 31.7 Å². The number of aldehydes is 1. The van der Waals surface area contributed by atoms with Gasteiger partial charge in [-0.1, -0.05) is 0 Å². The Hall–Kier alpha value is -1.69. The molecular weight excluding hydrogens is 288 g/mol. The molecule has 6 heteroatoms. The van der Waals surface area contributed by atoms with Crippen molar-refractivity contribution in [3.8, 4) is 0 Å². The van der Waals surface area contributed by atoms with Crippen LogP contribution in [0.25, 0.3) is 10.9 Å². The molecule has 1 saturated carbocycles. The number of carbonyl (C=O) groups excluding carboxylic acids is 1. The maximum Gasteiger partial charge on any atom is 0.175 e. The van der Waals surface area contributed by atoms with Gasteiger partial charge in [0, 0.05) is 23.8 Å². The van der Waals surface area contributed by atoms with Crippen molar-refractivity contribution in [2.24, 2.45) is 5.92 Å². The summed E-state index contributed by atoms with van der Waals surface area (Å²) in [4.78, 5) is 11.1. The lowest BCUT2D eigenvalue weighted by molar-refractivity contribution is -0.112. The topological polar surface area (TPSA) is 69.0 Å². The molecule has 1 aliphatic carbocycles. The zero-order chi connectivity index (χ0) is 15.0. The minimum absolute atomic E-state index is 0.183. The Morgan fingerprint density at radius 3 is 2.57 bits per heavy atom. The van der Waals surface area contributed by atoms with Gasteiger partial charge in [-0.3, -0.25) is 4.68 Å². The van der Waals surface area contributed by atoms with Crippen molar-refractivity contribution in [1.29, 1.82) is 0 Å². The van der Waals surface area contributed by atoms with E-state index in [2.05, 4.69) is 5.10 Å². The fourth-order valence-corrected chi connectivity index (χ4v) is 3.58. The summed E-state index contributed by atoms with van der Waals surface area (Å²) in [5.41, 5.74) is 0.704. The lowest BCUT2D eigenvalue weighted by Gasteiger charge is -2.25. The number of nitrogens with zero attached hydrogens (tertiary/aromatic N) is 2. The smallest absolute Gasteiger partial charge is 0.175 e. The number of hydrogen-bond acceptors (Lipinski definition) is 4. The van der Waals surface area contributed by atoms with E-state index in [0.29, 0.717) is 16.5 Å². The van der Waals surface area contributed by atoms with Crippen LogP contribution >= 0.6 is 0 Å². The van der Waals surface area contributed by atoms with E-state index in [1.165, 1.54) is 6.26 Å². The standard InChI is InChI=1S/C15H18N2O3S/c1-21(19,20)14-7-4-12-9-17(16-15(12)8-14)13-5-2-11(10-18)3-6-13/h4,7-11,13H,2-3,5-6H2,1H3. The zero-order valence-electron chi connectivity index (χ0n) is 11.9. The number of fused-ring (bicyclic) bond motifs is 1. The molecule has 0 amide bonds. The van der Waals surface area contributed by atoms with Crippen molar-refractivity contribution in [2.75, 3.05) is 6.26 Å². The van der Waals surface area contributed by atoms with E-state index in [-0.39, 0.29) is 5.92 Å². The molecule has 5 nitrogen and oxygen atoms in total. The number of carbonyl (C=O) groups is 1. The van der Waals surface area contributed by atoms with Crippen LogP contribution in [-0.2, 0) is 14.6 Å². The first-order chi connectivity index (χ1) is 9.97. The number of benzene rings is 1. The Morgan fingerprint density at radius 2 is 1.95 bits per heavy atom. The second-order valence-electron chi connectivity index (χ2n) is 5.81. The summed E-state index contributed by atoms with van der Waals surface area (Å²) in [6.45, 7) is 0. The summed E-state index contributed by atoms with van der Waals surface area (Å²) < 4.78 is 25.1. The number of sulfone groups is 1. The molecular formula is C15H18N2O3S. The first kappa shape index (κ1) is 14.3. The van der Waals surface area contributed by atoms with Gasteiger partial charge in [0.25, 0.3) is 0 Å². The van der Waals surface area contributed by atoms with Gasteiger partial charge >= 0.3 is 0 Å². The predicted molar refractivity (Wildman–Crippen MR) is 79.9 cm³/mol. The van der Waals surface area contributed by atoms with E-state index >= 15 is 0 Å². The van der Waals surface area contributed by atoms with Crippen molar-refractivity contribution in [3.05, 3.63) is 24.4 Å². The normalized spacial score (nSPS) is 23.3. The molecule has 0 spiro atoms. The molecule has 0 saturated heterocycles. The van der Waals surface area contributed by atoms with Gasteiger partial charge < -0.3 is 4.79 Å². The number of rotatable bonds is 3. The highest BCUT2D eigenvalue weighted by atomic mass is 32.2. The first-order valence-electron chi connectivity index (χ1n) is 7.11. The molecule has 0 radical (unpaired) electrons. The summed E-state index contributed by atoms with van der Waals surface area (Å²) in [6.07, 6.45) is 7.90. The molecule has 0 unspecified atom stereocenters. The van der Waals surface area contributed by atoms with E-state index in [1.54, 1.807) is 18.2 Å². The molecule has 0 aliphatic heterocycles. The SMILES string of the molecule is CS(=O)(=O)c1ccc2cn(C3CCC(C=O)CC3)nc2c1. The average Bonchev–Trinajstić information content (AvgIpc) is 2.89. The van der Waals surface area contributed by atoms with Crippen LogP contribution < -0.4 is 0 Å². The van der Waals surface area contributed by atoms with Gasteiger partial charge in [-0.25, -0.2) is 8.42 Å². The summed E-state index contributed by atoms with van der Waals surface area (Å²) in [7, 11) is -3.21. The summed E-state index contributed by atoms with van der Waals surface area (Å²) in [5.74, 6) is 0.183. The first-order valence-corrected chi connectivity index (χ1v) is 9.01. The molecule has 21 heavy (non-hydrogen) atoms. The van der Waals surface area contributed by atoms with Crippen LogP contribution in [0.4, 0.5) is 0 Å². The van der Waals surface area contributed by atoms with Crippen LogP contribution in [-0.4, -0.2) is 30.7 Å². The molecule has 112 valence electrons. The van der Waals surface area contributed by atoms with Crippen molar-refractivity contribution < 1.29 is 13.2 Å². The van der Waals surface area contributed by atoms with Gasteiger partial charge in [-0.15, -0.1) is 0 Å². The lowest BCUT2D eigenvalue weighted by atomic mass is 9.87. The quantitative estimate of drug-likeness (QED) is 0.816. The minimum Gasteiger partial charge on any atom is -0.303 e. The van der Waals surface area contributed by atoms with Crippen LogP contribution in [0.15, 0.2) is 29.3 Å². The third-order valence-corrected chi connectivity index (χ3v) is 5.34. The number of aromatic nitrogens is 2. The van der Waals surface area contributed by atoms with Crippen LogP contribution in [0.2, 0.25) is 0 Å². The second-order valence-corrected chi connectivity index (χ2v) is 7.82. The maximum absolute atomic E-state index is 11.6. The Morgan fingerprint density at radius 1 is 1.24 bits per heavy atom. The summed E-state index contributed by atoms with van der Waals surface area (Å²) >= 11 is 0. The molecule has 1 aromatic heterocycles. The molecule has 1 heterocycles. The molecule has 3 rings (SSSR count). The van der Waals surface area contributed by atoms with Gasteiger partial charge in [-0.2, -0.15) is 5.10 Å². The Balaban J connectivity index is 1.89. The maximum atomic E-state index is 11.6. The van der Waals surface area contributed by atoms with Gasteiger partial charge in [0.15, 0.2) is 9.84 Å². The average molecular weight is 306 g/mol. The van der Waals surface area contributed by atoms with Gasteiger partial charge in [0.1, 0.15) is 6.29 Å². The van der Waals surface area contributed by atoms with Crippen molar-refractivity contribution in [2.45, 2.75) is 36.6 Å². The van der Waals surface area contributed by atoms with E-state index < -0.39 is 9.84 Å². The third kappa shape index (κ3) is 2.85. The van der Waals surface area contributed by atoms with Crippen LogP contribution in [0.3, 0.4) is 0 Å². The van der Waals surface area contributed by atoms with E-state index in [0.717, 1.165) is 37.4 Å².